The highest BCUT2D eigenvalue weighted by atomic mass is 35.5. The van der Waals surface area contributed by atoms with Crippen LogP contribution in [0.4, 0.5) is 0 Å². The molecule has 0 atom stereocenters. The number of hydrogen-bond donors (Lipinski definition) is 2. The molecule has 4 nitrogen and oxygen atoms in total. The van der Waals surface area contributed by atoms with Crippen LogP contribution in [0, 0.1) is 0 Å². The summed E-state index contributed by atoms with van der Waals surface area (Å²) in [5.41, 5.74) is 6.88. The smallest absolute Gasteiger partial charge is 0.170 e. The van der Waals surface area contributed by atoms with Gasteiger partial charge in [0.2, 0.25) is 0 Å². The van der Waals surface area contributed by atoms with Crippen LogP contribution in [0.15, 0.2) is 47.6 Å². The average molecular weight is 311 g/mol. The number of nitrogens with zero attached hydrogens (tertiary/aromatic N) is 1. The van der Waals surface area contributed by atoms with E-state index in [0.29, 0.717) is 21.4 Å². The largest absolute Gasteiger partial charge is 0.489 e. The van der Waals surface area contributed by atoms with Gasteiger partial charge in [0.05, 0.1) is 0 Å². The standard InChI is InChI=1S/C14H12Cl2N2O2/c15-11-4-5-13(16)10(6-11)8-20-12-3-1-2-9(7-12)14(17)18-19/h1-7,19H,8H2,(H2,17,18). The van der Waals surface area contributed by atoms with Gasteiger partial charge in [-0.05, 0) is 30.3 Å². The highest BCUT2D eigenvalue weighted by Crippen LogP contribution is 2.22. The number of nitrogens with two attached hydrogens (primary N) is 1. The summed E-state index contributed by atoms with van der Waals surface area (Å²) in [5, 5.41) is 12.8. The fraction of sp³-hybridized carbons (Fsp3) is 0.0714. The Bertz CT molecular complexity index is 645. The van der Waals surface area contributed by atoms with Crippen molar-refractivity contribution in [1.82, 2.24) is 0 Å². The average Bonchev–Trinajstić information content (AvgIpc) is 2.47. The van der Waals surface area contributed by atoms with Crippen molar-refractivity contribution in [2.24, 2.45) is 10.9 Å². The summed E-state index contributed by atoms with van der Waals surface area (Å²) in [6.07, 6.45) is 0. The monoisotopic (exact) mass is 310 g/mol. The lowest BCUT2D eigenvalue weighted by Gasteiger charge is -2.09. The summed E-state index contributed by atoms with van der Waals surface area (Å²) in [7, 11) is 0. The Morgan fingerprint density at radius 1 is 1.20 bits per heavy atom. The van der Waals surface area contributed by atoms with E-state index in [4.69, 9.17) is 38.9 Å². The number of oxime groups is 1. The maximum absolute atomic E-state index is 8.64. The molecule has 0 aliphatic carbocycles. The van der Waals surface area contributed by atoms with E-state index in [1.165, 1.54) is 0 Å². The molecule has 0 heterocycles. The molecule has 6 heteroatoms. The first-order chi connectivity index (χ1) is 9.60. The van der Waals surface area contributed by atoms with Gasteiger partial charge in [0.1, 0.15) is 12.4 Å². The maximum Gasteiger partial charge on any atom is 0.170 e. The summed E-state index contributed by atoms with van der Waals surface area (Å²) in [6, 6.07) is 12.1. The first kappa shape index (κ1) is 14.5. The van der Waals surface area contributed by atoms with E-state index in [-0.39, 0.29) is 12.4 Å². The Balaban J connectivity index is 2.13. The molecule has 0 saturated carbocycles. The molecule has 104 valence electrons. The van der Waals surface area contributed by atoms with Gasteiger partial charge in [-0.25, -0.2) is 0 Å². The van der Waals surface area contributed by atoms with Crippen molar-refractivity contribution in [2.45, 2.75) is 6.61 Å². The number of halogens is 2. The molecule has 2 aromatic rings. The number of benzene rings is 2. The fourth-order valence-corrected chi connectivity index (χ4v) is 1.98. The number of hydrogen-bond acceptors (Lipinski definition) is 3. The Hall–Kier alpha value is -1.91. The molecular weight excluding hydrogens is 299 g/mol. The van der Waals surface area contributed by atoms with Crippen molar-refractivity contribution < 1.29 is 9.94 Å². The van der Waals surface area contributed by atoms with Gasteiger partial charge in [-0.3, -0.25) is 0 Å². The van der Waals surface area contributed by atoms with Crippen LogP contribution in [0.5, 0.6) is 5.75 Å². The minimum absolute atomic E-state index is 0.0243. The summed E-state index contributed by atoms with van der Waals surface area (Å²) in [5.74, 6) is 0.612. The zero-order valence-corrected chi connectivity index (χ0v) is 11.9. The lowest BCUT2D eigenvalue weighted by molar-refractivity contribution is 0.306. The van der Waals surface area contributed by atoms with Gasteiger partial charge in [0.25, 0.3) is 0 Å². The molecule has 0 saturated heterocycles. The van der Waals surface area contributed by atoms with Crippen molar-refractivity contribution in [3.8, 4) is 5.75 Å². The molecule has 0 aliphatic heterocycles. The summed E-state index contributed by atoms with van der Waals surface area (Å²) in [6.45, 7) is 0.277. The topological polar surface area (TPSA) is 67.8 Å². The lowest BCUT2D eigenvalue weighted by atomic mass is 10.2. The van der Waals surface area contributed by atoms with Gasteiger partial charge in [0.15, 0.2) is 5.84 Å². The van der Waals surface area contributed by atoms with Crippen LogP contribution in [0.25, 0.3) is 0 Å². The quantitative estimate of drug-likeness (QED) is 0.392. The van der Waals surface area contributed by atoms with Gasteiger partial charge in [0, 0.05) is 21.2 Å². The van der Waals surface area contributed by atoms with Crippen LogP contribution < -0.4 is 10.5 Å². The Morgan fingerprint density at radius 2 is 2.00 bits per heavy atom. The zero-order valence-electron chi connectivity index (χ0n) is 10.4. The number of ether oxygens (including phenoxy) is 1. The highest BCUT2D eigenvalue weighted by Gasteiger charge is 2.05. The van der Waals surface area contributed by atoms with E-state index < -0.39 is 0 Å². The molecule has 20 heavy (non-hydrogen) atoms. The fourth-order valence-electron chi connectivity index (χ4n) is 1.62. The Morgan fingerprint density at radius 3 is 2.75 bits per heavy atom. The van der Waals surface area contributed by atoms with Gasteiger partial charge in [-0.1, -0.05) is 40.5 Å². The van der Waals surface area contributed by atoms with Crippen LogP contribution in [0.3, 0.4) is 0 Å². The van der Waals surface area contributed by atoms with E-state index >= 15 is 0 Å². The van der Waals surface area contributed by atoms with E-state index in [1.54, 1.807) is 42.5 Å². The van der Waals surface area contributed by atoms with Crippen LogP contribution in [0.2, 0.25) is 10.0 Å². The second-order valence-electron chi connectivity index (χ2n) is 4.04. The van der Waals surface area contributed by atoms with E-state index in [1.807, 2.05) is 0 Å². The second kappa shape index (κ2) is 6.50. The van der Waals surface area contributed by atoms with Gasteiger partial charge in [-0.15, -0.1) is 0 Å². The van der Waals surface area contributed by atoms with Crippen molar-refractivity contribution in [1.29, 1.82) is 0 Å². The SMILES string of the molecule is NC(=NO)c1cccc(OCc2cc(Cl)ccc2Cl)c1. The normalized spacial score (nSPS) is 11.4. The minimum atomic E-state index is 0.0243. The minimum Gasteiger partial charge on any atom is -0.489 e. The molecule has 2 aromatic carbocycles. The number of rotatable bonds is 4. The lowest BCUT2D eigenvalue weighted by Crippen LogP contribution is -2.12. The maximum atomic E-state index is 8.64. The Kier molecular flexibility index (Phi) is 4.71. The summed E-state index contributed by atoms with van der Waals surface area (Å²) in [4.78, 5) is 0. The van der Waals surface area contributed by atoms with E-state index in [0.717, 1.165) is 5.56 Å². The molecule has 3 N–H and O–H groups in total. The molecule has 0 amide bonds. The predicted octanol–water partition coefficient (Wildman–Crippen LogP) is 3.67. The second-order valence-corrected chi connectivity index (χ2v) is 4.88. The summed E-state index contributed by atoms with van der Waals surface area (Å²) < 4.78 is 5.63. The van der Waals surface area contributed by atoms with Crippen molar-refractivity contribution in [3.63, 3.8) is 0 Å². The van der Waals surface area contributed by atoms with Gasteiger partial charge < -0.3 is 15.7 Å². The highest BCUT2D eigenvalue weighted by molar-refractivity contribution is 6.33. The van der Waals surface area contributed by atoms with Gasteiger partial charge >= 0.3 is 0 Å². The van der Waals surface area contributed by atoms with Crippen molar-refractivity contribution >= 4 is 29.0 Å². The van der Waals surface area contributed by atoms with Crippen LogP contribution in [0.1, 0.15) is 11.1 Å². The molecule has 0 fully saturated rings. The van der Waals surface area contributed by atoms with Crippen LogP contribution >= 0.6 is 23.2 Å². The third-order valence-corrected chi connectivity index (χ3v) is 3.24. The van der Waals surface area contributed by atoms with Crippen molar-refractivity contribution in [2.75, 3.05) is 0 Å². The first-order valence-corrected chi connectivity index (χ1v) is 6.50. The molecule has 0 radical (unpaired) electrons. The zero-order chi connectivity index (χ0) is 14.5. The molecular formula is C14H12Cl2N2O2. The molecule has 0 aromatic heterocycles. The van der Waals surface area contributed by atoms with E-state index in [9.17, 15) is 0 Å². The third kappa shape index (κ3) is 3.56. The van der Waals surface area contributed by atoms with Crippen molar-refractivity contribution in [3.05, 3.63) is 63.6 Å². The Labute approximate surface area is 126 Å². The molecule has 0 aliphatic rings. The number of amidine groups is 1. The molecule has 0 unspecified atom stereocenters. The van der Waals surface area contributed by atoms with Crippen LogP contribution in [-0.4, -0.2) is 11.0 Å². The molecule has 2 rings (SSSR count). The first-order valence-electron chi connectivity index (χ1n) is 5.75. The predicted molar refractivity (Wildman–Crippen MR) is 79.7 cm³/mol. The van der Waals surface area contributed by atoms with Crippen LogP contribution in [-0.2, 0) is 6.61 Å². The molecule has 0 spiro atoms. The summed E-state index contributed by atoms with van der Waals surface area (Å²) >= 11 is 12.0. The molecule has 0 bridgehead atoms. The third-order valence-electron chi connectivity index (χ3n) is 2.64. The van der Waals surface area contributed by atoms with Gasteiger partial charge in [-0.2, -0.15) is 0 Å². The van der Waals surface area contributed by atoms with E-state index in [2.05, 4.69) is 5.16 Å².